The Morgan fingerprint density at radius 3 is 2.71 bits per heavy atom. The van der Waals surface area contributed by atoms with E-state index in [-0.39, 0.29) is 0 Å². The third-order valence-electron chi connectivity index (χ3n) is 3.08. The summed E-state index contributed by atoms with van der Waals surface area (Å²) in [6.07, 6.45) is 2.64. The monoisotopic (exact) mass is 290 g/mol. The molecule has 0 amide bonds. The molecular weight excluding hydrogens is 268 g/mol. The number of aromatic nitrogens is 1. The van der Waals surface area contributed by atoms with Crippen LogP contribution in [0.4, 0.5) is 0 Å². The van der Waals surface area contributed by atoms with Gasteiger partial charge in [-0.2, -0.15) is 0 Å². The lowest BCUT2D eigenvalue weighted by Crippen LogP contribution is -2.13. The molecule has 0 spiro atoms. The van der Waals surface area contributed by atoms with E-state index in [2.05, 4.69) is 10.3 Å². The fourth-order valence-corrected chi connectivity index (χ4v) is 2.01. The number of aryl methyl sites for hydroxylation is 1. The van der Waals surface area contributed by atoms with Crippen LogP contribution < -0.4 is 14.8 Å². The number of ether oxygens (including phenoxy) is 2. The van der Waals surface area contributed by atoms with E-state index in [1.54, 1.807) is 13.3 Å². The molecule has 5 heteroatoms. The van der Waals surface area contributed by atoms with Crippen molar-refractivity contribution in [3.8, 4) is 11.5 Å². The first-order valence-corrected chi connectivity index (χ1v) is 7.20. The number of methoxy groups -OCH3 is 1. The van der Waals surface area contributed by atoms with E-state index in [1.807, 2.05) is 32.0 Å². The van der Waals surface area contributed by atoms with Crippen molar-refractivity contribution in [3.05, 3.63) is 41.6 Å². The molecule has 0 radical (unpaired) electrons. The van der Waals surface area contributed by atoms with Crippen LogP contribution in [0.15, 0.2) is 28.8 Å². The highest BCUT2D eigenvalue weighted by Gasteiger charge is 2.06. The summed E-state index contributed by atoms with van der Waals surface area (Å²) >= 11 is 0. The van der Waals surface area contributed by atoms with Crippen LogP contribution in [0, 0.1) is 0 Å². The van der Waals surface area contributed by atoms with Crippen LogP contribution in [0.2, 0.25) is 0 Å². The van der Waals surface area contributed by atoms with E-state index < -0.39 is 0 Å². The Balaban J connectivity index is 1.91. The Morgan fingerprint density at radius 1 is 1.19 bits per heavy atom. The Hall–Kier alpha value is -2.01. The molecule has 21 heavy (non-hydrogen) atoms. The lowest BCUT2D eigenvalue weighted by Gasteiger charge is -2.11. The second-order valence-electron chi connectivity index (χ2n) is 4.60. The quantitative estimate of drug-likeness (QED) is 0.810. The van der Waals surface area contributed by atoms with E-state index in [4.69, 9.17) is 13.9 Å². The van der Waals surface area contributed by atoms with E-state index in [1.165, 1.54) is 0 Å². The van der Waals surface area contributed by atoms with Gasteiger partial charge in [-0.05, 0) is 24.6 Å². The summed E-state index contributed by atoms with van der Waals surface area (Å²) in [7, 11) is 1.64. The Kier molecular flexibility index (Phi) is 5.63. The van der Waals surface area contributed by atoms with Gasteiger partial charge in [0.2, 0.25) is 5.89 Å². The second kappa shape index (κ2) is 7.69. The smallest absolute Gasteiger partial charge is 0.208 e. The first-order valence-electron chi connectivity index (χ1n) is 7.20. The average Bonchev–Trinajstić information content (AvgIpc) is 2.96. The molecule has 0 aliphatic rings. The number of hydrogen-bond donors (Lipinski definition) is 1. The summed E-state index contributed by atoms with van der Waals surface area (Å²) in [5, 5.41) is 3.31. The minimum absolute atomic E-state index is 0.607. The lowest BCUT2D eigenvalue weighted by atomic mass is 10.2. The minimum atomic E-state index is 0.607. The SMILES string of the molecule is CCOc1cc(CNCc2ncc(CC)o2)ccc1OC. The topological polar surface area (TPSA) is 56.5 Å². The molecule has 2 aromatic rings. The van der Waals surface area contributed by atoms with Crippen LogP contribution in [0.1, 0.15) is 31.1 Å². The molecule has 0 saturated carbocycles. The van der Waals surface area contributed by atoms with Gasteiger partial charge in [-0.1, -0.05) is 13.0 Å². The van der Waals surface area contributed by atoms with Crippen LogP contribution in [0.25, 0.3) is 0 Å². The summed E-state index contributed by atoms with van der Waals surface area (Å²) in [6, 6.07) is 5.92. The van der Waals surface area contributed by atoms with Crippen molar-refractivity contribution in [1.29, 1.82) is 0 Å². The van der Waals surface area contributed by atoms with Gasteiger partial charge in [-0.25, -0.2) is 4.98 Å². The molecule has 5 nitrogen and oxygen atoms in total. The predicted molar refractivity (Wildman–Crippen MR) is 80.6 cm³/mol. The van der Waals surface area contributed by atoms with Crippen LogP contribution in [-0.2, 0) is 19.5 Å². The van der Waals surface area contributed by atoms with E-state index >= 15 is 0 Å². The third-order valence-corrected chi connectivity index (χ3v) is 3.08. The fourth-order valence-electron chi connectivity index (χ4n) is 2.01. The lowest BCUT2D eigenvalue weighted by molar-refractivity contribution is 0.310. The fraction of sp³-hybridized carbons (Fsp3) is 0.438. The number of benzene rings is 1. The Bertz CT molecular complexity index is 566. The normalized spacial score (nSPS) is 10.6. The standard InChI is InChI=1S/C16H22N2O3/c1-4-13-10-18-16(21-13)11-17-9-12-6-7-14(19-3)15(8-12)20-5-2/h6-8,10,17H,4-5,9,11H2,1-3H3. The summed E-state index contributed by atoms with van der Waals surface area (Å²) in [6.45, 7) is 5.94. The number of nitrogens with one attached hydrogen (secondary N) is 1. The molecule has 1 aromatic carbocycles. The number of oxazole rings is 1. The van der Waals surface area contributed by atoms with Gasteiger partial charge in [0.15, 0.2) is 11.5 Å². The summed E-state index contributed by atoms with van der Waals surface area (Å²) in [5.74, 6) is 3.14. The molecule has 1 N–H and O–H groups in total. The molecule has 0 saturated heterocycles. The van der Waals surface area contributed by atoms with Crippen LogP contribution in [0.3, 0.4) is 0 Å². The van der Waals surface area contributed by atoms with Gasteiger partial charge in [0.1, 0.15) is 5.76 Å². The van der Waals surface area contributed by atoms with Crippen molar-refractivity contribution in [1.82, 2.24) is 10.3 Å². The van der Waals surface area contributed by atoms with Crippen molar-refractivity contribution >= 4 is 0 Å². The molecule has 1 aromatic heterocycles. The number of hydrogen-bond acceptors (Lipinski definition) is 5. The first kappa shape index (κ1) is 15.4. The van der Waals surface area contributed by atoms with Crippen molar-refractivity contribution in [2.45, 2.75) is 33.4 Å². The zero-order valence-electron chi connectivity index (χ0n) is 12.8. The van der Waals surface area contributed by atoms with Crippen molar-refractivity contribution in [2.24, 2.45) is 0 Å². The molecular formula is C16H22N2O3. The Morgan fingerprint density at radius 2 is 2.05 bits per heavy atom. The maximum Gasteiger partial charge on any atom is 0.208 e. The molecule has 0 fully saturated rings. The van der Waals surface area contributed by atoms with E-state index in [9.17, 15) is 0 Å². The average molecular weight is 290 g/mol. The highest BCUT2D eigenvalue weighted by atomic mass is 16.5. The highest BCUT2D eigenvalue weighted by molar-refractivity contribution is 5.42. The van der Waals surface area contributed by atoms with Gasteiger partial charge >= 0.3 is 0 Å². The molecule has 0 aliphatic heterocycles. The molecule has 0 atom stereocenters. The van der Waals surface area contributed by atoms with E-state index in [0.29, 0.717) is 25.6 Å². The molecule has 0 bridgehead atoms. The number of rotatable bonds is 8. The van der Waals surface area contributed by atoms with Crippen molar-refractivity contribution in [2.75, 3.05) is 13.7 Å². The summed E-state index contributed by atoms with van der Waals surface area (Å²) in [5.41, 5.74) is 1.13. The van der Waals surface area contributed by atoms with Gasteiger partial charge in [-0.3, -0.25) is 0 Å². The predicted octanol–water partition coefficient (Wildman–Crippen LogP) is 2.93. The maximum absolute atomic E-state index is 5.57. The molecule has 1 heterocycles. The maximum atomic E-state index is 5.57. The first-order chi connectivity index (χ1) is 10.3. The second-order valence-corrected chi connectivity index (χ2v) is 4.60. The summed E-state index contributed by atoms with van der Waals surface area (Å²) in [4.78, 5) is 4.22. The number of nitrogens with zero attached hydrogens (tertiary/aromatic N) is 1. The van der Waals surface area contributed by atoms with Gasteiger partial charge in [0, 0.05) is 13.0 Å². The van der Waals surface area contributed by atoms with Gasteiger partial charge < -0.3 is 19.2 Å². The molecule has 0 unspecified atom stereocenters. The zero-order chi connectivity index (χ0) is 15.1. The van der Waals surface area contributed by atoms with Gasteiger partial charge in [0.05, 0.1) is 26.5 Å². The van der Waals surface area contributed by atoms with Crippen LogP contribution in [0.5, 0.6) is 11.5 Å². The van der Waals surface area contributed by atoms with Crippen LogP contribution in [-0.4, -0.2) is 18.7 Å². The summed E-state index contributed by atoms with van der Waals surface area (Å²) < 4.78 is 16.4. The van der Waals surface area contributed by atoms with Gasteiger partial charge in [0.25, 0.3) is 0 Å². The molecule has 114 valence electrons. The van der Waals surface area contributed by atoms with Crippen molar-refractivity contribution in [3.63, 3.8) is 0 Å². The van der Waals surface area contributed by atoms with E-state index in [0.717, 1.165) is 29.2 Å². The minimum Gasteiger partial charge on any atom is -0.493 e. The molecule has 0 aliphatic carbocycles. The zero-order valence-corrected chi connectivity index (χ0v) is 12.8. The highest BCUT2D eigenvalue weighted by Crippen LogP contribution is 2.27. The molecule has 2 rings (SSSR count). The largest absolute Gasteiger partial charge is 0.493 e. The third kappa shape index (κ3) is 4.23. The van der Waals surface area contributed by atoms with Crippen LogP contribution >= 0.6 is 0 Å². The Labute approximate surface area is 125 Å². The van der Waals surface area contributed by atoms with Crippen molar-refractivity contribution < 1.29 is 13.9 Å². The van der Waals surface area contributed by atoms with Gasteiger partial charge in [-0.15, -0.1) is 0 Å².